The molecule has 1 amide bonds. The summed E-state index contributed by atoms with van der Waals surface area (Å²) in [6.07, 6.45) is 1.75. The molecule has 0 saturated heterocycles. The number of halogens is 2. The summed E-state index contributed by atoms with van der Waals surface area (Å²) >= 11 is 0. The molecule has 2 rings (SSSR count). The van der Waals surface area contributed by atoms with Crippen LogP contribution in [0, 0.1) is 18.6 Å². The molecule has 100 valence electrons. The molecule has 7 heteroatoms. The van der Waals surface area contributed by atoms with Crippen LogP contribution < -0.4 is 5.32 Å². The maximum Gasteiger partial charge on any atom is 0.257 e. The number of H-pyrrole nitrogens is 1. The maximum absolute atomic E-state index is 13.7. The highest BCUT2D eigenvalue weighted by Crippen LogP contribution is 2.15. The standard InChI is InChI=1S/C12H12F2N4O/c1-7-2-3-8(13)10(11(7)14)12(19)15-5-4-9-16-6-17-18-9/h2-3,6H,4-5H2,1H3,(H,15,19)(H,16,17,18). The Bertz CT molecular complexity index is 584. The molecule has 2 aromatic rings. The van der Waals surface area contributed by atoms with E-state index in [1.54, 1.807) is 0 Å². The fourth-order valence-corrected chi connectivity index (χ4v) is 1.60. The lowest BCUT2D eigenvalue weighted by atomic mass is 10.1. The molecular formula is C12H12F2N4O. The van der Waals surface area contributed by atoms with Crippen LogP contribution in [-0.2, 0) is 6.42 Å². The van der Waals surface area contributed by atoms with Crippen LogP contribution in [-0.4, -0.2) is 27.6 Å². The average molecular weight is 266 g/mol. The van der Waals surface area contributed by atoms with Crippen molar-refractivity contribution in [3.05, 3.63) is 47.0 Å². The molecule has 5 nitrogen and oxygen atoms in total. The average Bonchev–Trinajstić information content (AvgIpc) is 2.87. The van der Waals surface area contributed by atoms with Crippen molar-refractivity contribution in [1.82, 2.24) is 20.5 Å². The summed E-state index contributed by atoms with van der Waals surface area (Å²) in [5, 5.41) is 8.71. The van der Waals surface area contributed by atoms with Gasteiger partial charge in [0.25, 0.3) is 5.91 Å². The van der Waals surface area contributed by atoms with Gasteiger partial charge in [-0.25, -0.2) is 13.8 Å². The number of aromatic amines is 1. The molecule has 2 N–H and O–H groups in total. The predicted octanol–water partition coefficient (Wildman–Crippen LogP) is 1.36. The number of carbonyl (C=O) groups excluding carboxylic acids is 1. The molecule has 0 saturated carbocycles. The minimum atomic E-state index is -0.875. The Hall–Kier alpha value is -2.31. The normalized spacial score (nSPS) is 10.5. The first kappa shape index (κ1) is 13.1. The fourth-order valence-electron chi connectivity index (χ4n) is 1.60. The number of rotatable bonds is 4. The fraction of sp³-hybridized carbons (Fsp3) is 0.250. The van der Waals surface area contributed by atoms with Crippen LogP contribution in [0.15, 0.2) is 18.5 Å². The number of aromatic nitrogens is 3. The smallest absolute Gasteiger partial charge is 0.257 e. The van der Waals surface area contributed by atoms with Gasteiger partial charge in [0.2, 0.25) is 0 Å². The SMILES string of the molecule is Cc1ccc(F)c(C(=O)NCCc2ncn[nH]2)c1F. The number of carbonyl (C=O) groups is 1. The zero-order valence-electron chi connectivity index (χ0n) is 10.2. The zero-order valence-corrected chi connectivity index (χ0v) is 10.2. The van der Waals surface area contributed by atoms with Crippen molar-refractivity contribution in [1.29, 1.82) is 0 Å². The monoisotopic (exact) mass is 266 g/mol. The molecule has 0 aliphatic carbocycles. The van der Waals surface area contributed by atoms with E-state index in [1.165, 1.54) is 19.3 Å². The molecule has 0 fully saturated rings. The van der Waals surface area contributed by atoms with Crippen molar-refractivity contribution >= 4 is 5.91 Å². The molecule has 0 radical (unpaired) electrons. The highest BCUT2D eigenvalue weighted by molar-refractivity contribution is 5.94. The van der Waals surface area contributed by atoms with Crippen molar-refractivity contribution < 1.29 is 13.6 Å². The van der Waals surface area contributed by atoms with Crippen molar-refractivity contribution in [3.8, 4) is 0 Å². The van der Waals surface area contributed by atoms with E-state index in [1.807, 2.05) is 0 Å². The lowest BCUT2D eigenvalue weighted by Crippen LogP contribution is -2.28. The van der Waals surface area contributed by atoms with Crippen LogP contribution in [0.5, 0.6) is 0 Å². The van der Waals surface area contributed by atoms with Gasteiger partial charge in [-0.05, 0) is 18.6 Å². The van der Waals surface area contributed by atoms with Crippen molar-refractivity contribution in [2.24, 2.45) is 0 Å². The van der Waals surface area contributed by atoms with E-state index in [0.717, 1.165) is 6.07 Å². The van der Waals surface area contributed by atoms with Gasteiger partial charge in [0, 0.05) is 13.0 Å². The van der Waals surface area contributed by atoms with Crippen LogP contribution in [0.25, 0.3) is 0 Å². The molecule has 19 heavy (non-hydrogen) atoms. The molecule has 0 atom stereocenters. The van der Waals surface area contributed by atoms with Gasteiger partial charge in [-0.15, -0.1) is 0 Å². The van der Waals surface area contributed by atoms with Gasteiger partial charge < -0.3 is 5.32 Å². The number of hydrogen-bond acceptors (Lipinski definition) is 3. The lowest BCUT2D eigenvalue weighted by molar-refractivity contribution is 0.0945. The maximum atomic E-state index is 13.7. The summed E-state index contributed by atoms with van der Waals surface area (Å²) in [5.41, 5.74) is -0.334. The Morgan fingerprint density at radius 3 is 2.89 bits per heavy atom. The number of amides is 1. The second-order valence-electron chi connectivity index (χ2n) is 3.99. The summed E-state index contributed by atoms with van der Waals surface area (Å²) in [6, 6.07) is 2.36. The van der Waals surface area contributed by atoms with Gasteiger partial charge in [0.1, 0.15) is 29.3 Å². The third kappa shape index (κ3) is 2.93. The van der Waals surface area contributed by atoms with Crippen LogP contribution in [0.1, 0.15) is 21.7 Å². The number of benzene rings is 1. The van der Waals surface area contributed by atoms with Gasteiger partial charge in [-0.1, -0.05) is 6.07 Å². The Morgan fingerprint density at radius 2 is 2.21 bits per heavy atom. The molecule has 0 bridgehead atoms. The van der Waals surface area contributed by atoms with E-state index in [9.17, 15) is 13.6 Å². The van der Waals surface area contributed by atoms with Gasteiger partial charge >= 0.3 is 0 Å². The van der Waals surface area contributed by atoms with Crippen LogP contribution in [0.2, 0.25) is 0 Å². The first-order valence-electron chi connectivity index (χ1n) is 5.66. The Morgan fingerprint density at radius 1 is 1.42 bits per heavy atom. The molecule has 0 spiro atoms. The number of hydrogen-bond donors (Lipinski definition) is 2. The van der Waals surface area contributed by atoms with Crippen LogP contribution in [0.3, 0.4) is 0 Å². The summed E-state index contributed by atoms with van der Waals surface area (Å²) < 4.78 is 27.1. The van der Waals surface area contributed by atoms with E-state index < -0.39 is 23.1 Å². The quantitative estimate of drug-likeness (QED) is 0.877. The summed E-state index contributed by atoms with van der Waals surface area (Å²) in [5.74, 6) is -1.90. The second-order valence-corrected chi connectivity index (χ2v) is 3.99. The Kier molecular flexibility index (Phi) is 3.84. The van der Waals surface area contributed by atoms with Gasteiger partial charge in [-0.3, -0.25) is 9.89 Å². The van der Waals surface area contributed by atoms with E-state index in [4.69, 9.17) is 0 Å². The van der Waals surface area contributed by atoms with Gasteiger partial charge in [-0.2, -0.15) is 5.10 Å². The third-order valence-electron chi connectivity index (χ3n) is 2.62. The Labute approximate surface area is 108 Å². The van der Waals surface area contributed by atoms with E-state index in [2.05, 4.69) is 20.5 Å². The molecule has 1 aromatic carbocycles. The molecular weight excluding hydrogens is 254 g/mol. The first-order chi connectivity index (χ1) is 9.09. The van der Waals surface area contributed by atoms with Gasteiger partial charge in [0.05, 0.1) is 0 Å². The summed E-state index contributed by atoms with van der Waals surface area (Å²) in [7, 11) is 0. The number of nitrogens with zero attached hydrogens (tertiary/aromatic N) is 2. The molecule has 1 aromatic heterocycles. The number of aryl methyl sites for hydroxylation is 1. The van der Waals surface area contributed by atoms with E-state index in [0.29, 0.717) is 12.2 Å². The molecule has 1 heterocycles. The first-order valence-corrected chi connectivity index (χ1v) is 5.66. The Balaban J connectivity index is 2.02. The topological polar surface area (TPSA) is 70.7 Å². The third-order valence-corrected chi connectivity index (χ3v) is 2.62. The summed E-state index contributed by atoms with van der Waals surface area (Å²) in [4.78, 5) is 15.6. The zero-order chi connectivity index (χ0) is 13.8. The molecule has 0 aliphatic rings. The highest BCUT2D eigenvalue weighted by Gasteiger charge is 2.18. The van der Waals surface area contributed by atoms with Crippen LogP contribution >= 0.6 is 0 Å². The lowest BCUT2D eigenvalue weighted by Gasteiger charge is -2.07. The van der Waals surface area contributed by atoms with Crippen molar-refractivity contribution in [2.45, 2.75) is 13.3 Å². The van der Waals surface area contributed by atoms with Crippen LogP contribution in [0.4, 0.5) is 8.78 Å². The minimum absolute atomic E-state index is 0.209. The molecule has 0 aliphatic heterocycles. The minimum Gasteiger partial charge on any atom is -0.351 e. The van der Waals surface area contributed by atoms with Crippen molar-refractivity contribution in [2.75, 3.05) is 6.54 Å². The van der Waals surface area contributed by atoms with E-state index >= 15 is 0 Å². The predicted molar refractivity (Wildman–Crippen MR) is 63.5 cm³/mol. The van der Waals surface area contributed by atoms with Gasteiger partial charge in [0.15, 0.2) is 0 Å². The highest BCUT2D eigenvalue weighted by atomic mass is 19.1. The van der Waals surface area contributed by atoms with Crippen molar-refractivity contribution in [3.63, 3.8) is 0 Å². The largest absolute Gasteiger partial charge is 0.351 e. The second kappa shape index (κ2) is 5.55. The van der Waals surface area contributed by atoms with E-state index in [-0.39, 0.29) is 12.1 Å². The summed E-state index contributed by atoms with van der Waals surface area (Å²) in [6.45, 7) is 1.68. The number of nitrogens with one attached hydrogen (secondary N) is 2. The molecule has 0 unspecified atom stereocenters.